The van der Waals surface area contributed by atoms with E-state index >= 15 is 0 Å². The van der Waals surface area contributed by atoms with Crippen LogP contribution in [0.5, 0.6) is 0 Å². The molecule has 0 saturated carbocycles. The second kappa shape index (κ2) is 13.2. The molecule has 7 nitrogen and oxygen atoms in total. The van der Waals surface area contributed by atoms with Gasteiger partial charge in [0.05, 0.1) is 11.9 Å². The van der Waals surface area contributed by atoms with Gasteiger partial charge in [-0.2, -0.15) is 0 Å². The Kier molecular flexibility index (Phi) is 10.9. The number of nitrogens with one attached hydrogen (secondary N) is 1. The van der Waals surface area contributed by atoms with Gasteiger partial charge in [0.2, 0.25) is 21.8 Å². The fourth-order valence-electron chi connectivity index (χ4n) is 3.71. The van der Waals surface area contributed by atoms with Gasteiger partial charge in [-0.3, -0.25) is 13.9 Å². The van der Waals surface area contributed by atoms with Crippen LogP contribution in [0.3, 0.4) is 0 Å². The predicted molar refractivity (Wildman–Crippen MR) is 138 cm³/mol. The molecule has 0 bridgehead atoms. The zero-order valence-electron chi connectivity index (χ0n) is 20.2. The molecule has 36 heavy (non-hydrogen) atoms. The summed E-state index contributed by atoms with van der Waals surface area (Å²) < 4.78 is 52.5. The van der Waals surface area contributed by atoms with Crippen LogP contribution in [0.4, 0.5) is 14.5 Å². The van der Waals surface area contributed by atoms with E-state index in [1.807, 2.05) is 0 Å². The van der Waals surface area contributed by atoms with Gasteiger partial charge >= 0.3 is 0 Å². The van der Waals surface area contributed by atoms with Crippen molar-refractivity contribution in [2.45, 2.75) is 45.7 Å². The number of halogens is 4. The largest absolute Gasteiger partial charge is 0.355 e. The van der Waals surface area contributed by atoms with Crippen LogP contribution in [0.1, 0.15) is 38.7 Å². The van der Waals surface area contributed by atoms with Crippen molar-refractivity contribution in [3.8, 4) is 0 Å². The first-order valence-electron chi connectivity index (χ1n) is 11.3. The Morgan fingerprint density at radius 3 is 2.22 bits per heavy atom. The summed E-state index contributed by atoms with van der Waals surface area (Å²) in [5, 5.41) is 3.40. The van der Waals surface area contributed by atoms with Gasteiger partial charge in [-0.05, 0) is 44.0 Å². The highest BCUT2D eigenvalue weighted by Crippen LogP contribution is 2.28. The molecule has 0 fully saturated rings. The quantitative estimate of drug-likeness (QED) is 0.403. The average Bonchev–Trinajstić information content (AvgIpc) is 2.79. The number of carbonyl (C=O) groups is 2. The molecule has 0 heterocycles. The van der Waals surface area contributed by atoms with Crippen LogP contribution in [-0.4, -0.2) is 50.5 Å². The smallest absolute Gasteiger partial charge is 0.242 e. The van der Waals surface area contributed by atoms with Crippen LogP contribution >= 0.6 is 23.2 Å². The lowest BCUT2D eigenvalue weighted by Gasteiger charge is -2.31. The van der Waals surface area contributed by atoms with E-state index in [1.54, 1.807) is 32.0 Å². The van der Waals surface area contributed by atoms with Crippen LogP contribution in [0, 0.1) is 11.6 Å². The molecule has 2 aromatic carbocycles. The summed E-state index contributed by atoms with van der Waals surface area (Å²) in [6.45, 7) is 3.73. The number of hydrogen-bond donors (Lipinski definition) is 1. The zero-order chi connectivity index (χ0) is 27.0. The van der Waals surface area contributed by atoms with Crippen molar-refractivity contribution in [1.29, 1.82) is 0 Å². The molecule has 0 spiro atoms. The summed E-state index contributed by atoms with van der Waals surface area (Å²) in [6, 6.07) is 6.89. The van der Waals surface area contributed by atoms with Gasteiger partial charge in [0.15, 0.2) is 11.6 Å². The molecule has 0 unspecified atom stereocenters. The van der Waals surface area contributed by atoms with Gasteiger partial charge in [0, 0.05) is 47.7 Å². The van der Waals surface area contributed by atoms with Crippen LogP contribution in [-0.2, 0) is 26.2 Å². The Morgan fingerprint density at radius 1 is 1.06 bits per heavy atom. The maximum atomic E-state index is 13.7. The van der Waals surface area contributed by atoms with E-state index in [1.165, 1.54) is 4.90 Å². The molecule has 0 aliphatic carbocycles. The van der Waals surface area contributed by atoms with Gasteiger partial charge in [-0.15, -0.1) is 0 Å². The molecule has 0 saturated heterocycles. The third-order valence-corrected chi connectivity index (χ3v) is 7.37. The summed E-state index contributed by atoms with van der Waals surface area (Å²) in [5.74, 6) is -3.04. The molecule has 0 aliphatic heterocycles. The SMILES string of the molecule is CCNC(=O)[C@@H](CC)N(Cc1c(Cl)cccc1Cl)C(=O)CCCN(c1ccc(F)c(F)c1)S(C)(=O)=O. The normalized spacial score (nSPS) is 12.2. The summed E-state index contributed by atoms with van der Waals surface area (Å²) in [4.78, 5) is 27.4. The molecule has 0 radical (unpaired) electrons. The number of sulfonamides is 1. The van der Waals surface area contributed by atoms with Crippen LogP contribution in [0.2, 0.25) is 10.0 Å². The first kappa shape index (κ1) is 29.8. The summed E-state index contributed by atoms with van der Waals surface area (Å²) >= 11 is 12.6. The van der Waals surface area contributed by atoms with Gasteiger partial charge in [-0.25, -0.2) is 17.2 Å². The van der Waals surface area contributed by atoms with Gasteiger partial charge in [0.25, 0.3) is 0 Å². The van der Waals surface area contributed by atoms with Crippen LogP contribution in [0.25, 0.3) is 0 Å². The average molecular weight is 564 g/mol. The number of amides is 2. The summed E-state index contributed by atoms with van der Waals surface area (Å²) in [5.41, 5.74) is 0.425. The van der Waals surface area contributed by atoms with E-state index in [0.29, 0.717) is 28.6 Å². The van der Waals surface area contributed by atoms with E-state index < -0.39 is 33.6 Å². The monoisotopic (exact) mass is 563 g/mol. The highest BCUT2D eigenvalue weighted by Gasteiger charge is 2.29. The molecule has 12 heteroatoms. The molecule has 1 N–H and O–H groups in total. The molecule has 1 atom stereocenters. The van der Waals surface area contributed by atoms with E-state index in [-0.39, 0.29) is 37.5 Å². The fourth-order valence-corrected chi connectivity index (χ4v) is 5.18. The van der Waals surface area contributed by atoms with E-state index in [0.717, 1.165) is 28.8 Å². The standard InChI is InChI=1S/C24H29Cl2F2N3O4S/c1-4-22(24(33)29-5-2)30(15-17-18(25)8-6-9-19(17)26)23(32)10-7-13-31(36(3,34)35)16-11-12-20(27)21(28)14-16/h6,8-9,11-12,14,22H,4-5,7,10,13,15H2,1-3H3,(H,29,33)/t22-/m1/s1. The minimum atomic E-state index is -3.85. The van der Waals surface area contributed by atoms with Crippen molar-refractivity contribution >= 4 is 50.7 Å². The first-order valence-corrected chi connectivity index (χ1v) is 13.9. The van der Waals surface area contributed by atoms with Crippen molar-refractivity contribution in [3.63, 3.8) is 0 Å². The number of carbonyl (C=O) groups excluding carboxylic acids is 2. The maximum absolute atomic E-state index is 13.7. The molecule has 0 aromatic heterocycles. The minimum Gasteiger partial charge on any atom is -0.355 e. The summed E-state index contributed by atoms with van der Waals surface area (Å²) in [7, 11) is -3.85. The molecule has 198 valence electrons. The molecule has 0 aliphatic rings. The highest BCUT2D eigenvalue weighted by atomic mass is 35.5. The van der Waals surface area contributed by atoms with Gasteiger partial charge in [-0.1, -0.05) is 36.2 Å². The second-order valence-electron chi connectivity index (χ2n) is 8.08. The lowest BCUT2D eigenvalue weighted by atomic mass is 10.1. The van der Waals surface area contributed by atoms with Crippen molar-refractivity contribution in [3.05, 3.63) is 63.6 Å². The van der Waals surface area contributed by atoms with Crippen molar-refractivity contribution in [2.75, 3.05) is 23.7 Å². The predicted octanol–water partition coefficient (Wildman–Crippen LogP) is 4.76. The number of likely N-dealkylation sites (N-methyl/N-ethyl adjacent to an activating group) is 1. The Bertz CT molecular complexity index is 1180. The molecular formula is C24H29Cl2F2N3O4S. The van der Waals surface area contributed by atoms with E-state index in [9.17, 15) is 26.8 Å². The Balaban J connectivity index is 2.27. The second-order valence-corrected chi connectivity index (χ2v) is 10.8. The maximum Gasteiger partial charge on any atom is 0.242 e. The zero-order valence-corrected chi connectivity index (χ0v) is 22.6. The third kappa shape index (κ3) is 7.78. The lowest BCUT2D eigenvalue weighted by molar-refractivity contribution is -0.141. The molecule has 2 aromatic rings. The Hall–Kier alpha value is -2.43. The van der Waals surface area contributed by atoms with Gasteiger partial charge < -0.3 is 10.2 Å². The summed E-state index contributed by atoms with van der Waals surface area (Å²) in [6.07, 6.45) is 1.20. The number of rotatable bonds is 12. The van der Waals surface area contributed by atoms with Crippen molar-refractivity contribution in [1.82, 2.24) is 10.2 Å². The Morgan fingerprint density at radius 2 is 1.69 bits per heavy atom. The topological polar surface area (TPSA) is 86.8 Å². The molecule has 2 amide bonds. The van der Waals surface area contributed by atoms with E-state index in [4.69, 9.17) is 23.2 Å². The number of anilines is 1. The minimum absolute atomic E-state index is 0.0219. The Labute approximate surface area is 220 Å². The number of nitrogens with zero attached hydrogens (tertiary/aromatic N) is 2. The van der Waals surface area contributed by atoms with Gasteiger partial charge in [0.1, 0.15) is 6.04 Å². The van der Waals surface area contributed by atoms with E-state index in [2.05, 4.69) is 5.32 Å². The van der Waals surface area contributed by atoms with Crippen molar-refractivity contribution < 1.29 is 26.8 Å². The lowest BCUT2D eigenvalue weighted by Crippen LogP contribution is -2.49. The number of benzene rings is 2. The molecular weight excluding hydrogens is 535 g/mol. The highest BCUT2D eigenvalue weighted by molar-refractivity contribution is 7.92. The van der Waals surface area contributed by atoms with Crippen LogP contribution < -0.4 is 9.62 Å². The third-order valence-electron chi connectivity index (χ3n) is 5.47. The first-order chi connectivity index (χ1) is 16.9. The number of hydrogen-bond acceptors (Lipinski definition) is 4. The fraction of sp³-hybridized carbons (Fsp3) is 0.417. The van der Waals surface area contributed by atoms with Crippen molar-refractivity contribution in [2.24, 2.45) is 0 Å². The van der Waals surface area contributed by atoms with Crippen LogP contribution in [0.15, 0.2) is 36.4 Å². The molecule has 2 rings (SSSR count).